The molecule has 0 radical (unpaired) electrons. The van der Waals surface area contributed by atoms with Gasteiger partial charge in [0.1, 0.15) is 0 Å². The Morgan fingerprint density at radius 1 is 1.64 bits per heavy atom. The van der Waals surface area contributed by atoms with Crippen LogP contribution < -0.4 is 11.1 Å². The van der Waals surface area contributed by atoms with Gasteiger partial charge in [0.2, 0.25) is 0 Å². The van der Waals surface area contributed by atoms with Crippen molar-refractivity contribution >= 4 is 0 Å². The predicted octanol–water partition coefficient (Wildman–Crippen LogP) is -0.0403. The second-order valence-electron chi connectivity index (χ2n) is 3.19. The third-order valence-corrected chi connectivity index (χ3v) is 2.19. The van der Waals surface area contributed by atoms with E-state index in [4.69, 9.17) is 10.5 Å². The molecule has 1 saturated heterocycles. The predicted molar refractivity (Wildman–Crippen MR) is 45.4 cm³/mol. The minimum atomic E-state index is 0.618. The first kappa shape index (κ1) is 8.97. The van der Waals surface area contributed by atoms with Crippen molar-refractivity contribution in [2.45, 2.75) is 19.4 Å². The Balaban J connectivity index is 2.18. The lowest BCUT2D eigenvalue weighted by Gasteiger charge is -2.29. The molecule has 0 aromatic heterocycles. The van der Waals surface area contributed by atoms with Crippen LogP contribution in [0.3, 0.4) is 0 Å². The van der Waals surface area contributed by atoms with Crippen LogP contribution in [-0.2, 0) is 4.74 Å². The summed E-state index contributed by atoms with van der Waals surface area (Å²) >= 11 is 0. The van der Waals surface area contributed by atoms with Crippen molar-refractivity contribution in [1.29, 1.82) is 0 Å². The maximum Gasteiger partial charge on any atom is 0.0506 e. The van der Waals surface area contributed by atoms with Gasteiger partial charge >= 0.3 is 0 Å². The van der Waals surface area contributed by atoms with E-state index in [0.717, 1.165) is 32.7 Å². The maximum absolute atomic E-state index is 5.40. The molecular weight excluding hydrogens is 140 g/mol. The Morgan fingerprint density at radius 3 is 3.09 bits per heavy atom. The van der Waals surface area contributed by atoms with Gasteiger partial charge < -0.3 is 15.8 Å². The van der Waals surface area contributed by atoms with Gasteiger partial charge in [-0.3, -0.25) is 0 Å². The smallest absolute Gasteiger partial charge is 0.0506 e. The van der Waals surface area contributed by atoms with E-state index in [-0.39, 0.29) is 0 Å². The molecule has 3 N–H and O–H groups in total. The first-order valence-corrected chi connectivity index (χ1v) is 4.36. The van der Waals surface area contributed by atoms with Crippen LogP contribution in [0.2, 0.25) is 0 Å². The molecule has 66 valence electrons. The number of hydrogen-bond acceptors (Lipinski definition) is 3. The number of nitrogens with one attached hydrogen (secondary N) is 1. The normalized spacial score (nSPS) is 32.2. The van der Waals surface area contributed by atoms with Gasteiger partial charge in [-0.15, -0.1) is 0 Å². The van der Waals surface area contributed by atoms with Gasteiger partial charge in [-0.25, -0.2) is 0 Å². The van der Waals surface area contributed by atoms with Gasteiger partial charge in [-0.05, 0) is 12.3 Å². The van der Waals surface area contributed by atoms with Gasteiger partial charge in [-0.1, -0.05) is 6.92 Å². The third-order valence-electron chi connectivity index (χ3n) is 2.19. The van der Waals surface area contributed by atoms with Crippen LogP contribution in [0.15, 0.2) is 0 Å². The molecule has 1 aliphatic rings. The zero-order valence-electron chi connectivity index (χ0n) is 7.18. The van der Waals surface area contributed by atoms with Crippen LogP contribution in [0.25, 0.3) is 0 Å². The fraction of sp³-hybridized carbons (Fsp3) is 1.00. The molecule has 3 nitrogen and oxygen atoms in total. The first-order chi connectivity index (χ1) is 5.34. The molecule has 1 aliphatic heterocycles. The monoisotopic (exact) mass is 158 g/mol. The van der Waals surface area contributed by atoms with Crippen molar-refractivity contribution in [3.05, 3.63) is 0 Å². The maximum atomic E-state index is 5.40. The van der Waals surface area contributed by atoms with E-state index < -0.39 is 0 Å². The summed E-state index contributed by atoms with van der Waals surface area (Å²) in [6.45, 7) is 5.65. The Kier molecular flexibility index (Phi) is 3.83. The van der Waals surface area contributed by atoms with Crippen LogP contribution in [0, 0.1) is 5.92 Å². The van der Waals surface area contributed by atoms with E-state index in [0.29, 0.717) is 12.0 Å². The molecule has 0 amide bonds. The summed E-state index contributed by atoms with van der Waals surface area (Å²) in [6, 6.07) is 0.618. The van der Waals surface area contributed by atoms with Crippen molar-refractivity contribution in [2.24, 2.45) is 11.7 Å². The van der Waals surface area contributed by atoms with E-state index in [1.165, 1.54) is 0 Å². The molecule has 1 fully saturated rings. The Labute approximate surface area is 68.3 Å². The van der Waals surface area contributed by atoms with Gasteiger partial charge in [-0.2, -0.15) is 0 Å². The molecule has 0 spiro atoms. The minimum Gasteiger partial charge on any atom is -0.381 e. The summed E-state index contributed by atoms with van der Waals surface area (Å²) in [5.41, 5.74) is 5.40. The molecular formula is C8H18N2O. The Hall–Kier alpha value is -0.120. The van der Waals surface area contributed by atoms with Crippen LogP contribution in [0.4, 0.5) is 0 Å². The van der Waals surface area contributed by atoms with E-state index in [1.807, 2.05) is 0 Å². The summed E-state index contributed by atoms with van der Waals surface area (Å²) in [5.74, 6) is 0.635. The second kappa shape index (κ2) is 4.70. The molecule has 1 heterocycles. The average Bonchev–Trinajstić information content (AvgIpc) is 2.03. The van der Waals surface area contributed by atoms with Crippen molar-refractivity contribution < 1.29 is 4.74 Å². The Morgan fingerprint density at radius 2 is 2.45 bits per heavy atom. The minimum absolute atomic E-state index is 0.618. The lowest BCUT2D eigenvalue weighted by Crippen LogP contribution is -2.43. The van der Waals surface area contributed by atoms with Crippen molar-refractivity contribution in [1.82, 2.24) is 5.32 Å². The molecule has 11 heavy (non-hydrogen) atoms. The van der Waals surface area contributed by atoms with E-state index in [9.17, 15) is 0 Å². The Bertz CT molecular complexity index is 108. The third kappa shape index (κ3) is 2.77. The van der Waals surface area contributed by atoms with E-state index in [2.05, 4.69) is 12.2 Å². The largest absolute Gasteiger partial charge is 0.381 e. The van der Waals surface area contributed by atoms with E-state index >= 15 is 0 Å². The van der Waals surface area contributed by atoms with Crippen LogP contribution in [0.5, 0.6) is 0 Å². The van der Waals surface area contributed by atoms with Crippen LogP contribution in [0.1, 0.15) is 13.3 Å². The highest BCUT2D eigenvalue weighted by Gasteiger charge is 2.20. The molecule has 2 unspecified atom stereocenters. The van der Waals surface area contributed by atoms with Crippen LogP contribution in [-0.4, -0.2) is 32.3 Å². The van der Waals surface area contributed by atoms with Crippen molar-refractivity contribution in [2.75, 3.05) is 26.3 Å². The molecule has 0 bridgehead atoms. The number of hydrogen-bond donors (Lipinski definition) is 2. The first-order valence-electron chi connectivity index (χ1n) is 4.36. The molecule has 0 aromatic carbocycles. The van der Waals surface area contributed by atoms with Gasteiger partial charge in [0.25, 0.3) is 0 Å². The lowest BCUT2D eigenvalue weighted by atomic mass is 9.98. The standard InChI is InChI=1S/C8H18N2O/c1-7-6-11-5-2-8(7)10-4-3-9/h7-8,10H,2-6,9H2,1H3. The average molecular weight is 158 g/mol. The van der Waals surface area contributed by atoms with Gasteiger partial charge in [0.05, 0.1) is 6.61 Å². The molecule has 1 rings (SSSR count). The summed E-state index contributed by atoms with van der Waals surface area (Å²) in [7, 11) is 0. The number of nitrogens with two attached hydrogens (primary N) is 1. The SMILES string of the molecule is CC1COCCC1NCCN. The molecule has 3 heteroatoms. The molecule has 0 aliphatic carbocycles. The quantitative estimate of drug-likeness (QED) is 0.606. The summed E-state index contributed by atoms with van der Waals surface area (Å²) in [4.78, 5) is 0. The fourth-order valence-corrected chi connectivity index (χ4v) is 1.45. The van der Waals surface area contributed by atoms with Gasteiger partial charge in [0, 0.05) is 25.7 Å². The number of rotatable bonds is 3. The van der Waals surface area contributed by atoms with E-state index in [1.54, 1.807) is 0 Å². The van der Waals surface area contributed by atoms with Crippen LogP contribution >= 0.6 is 0 Å². The zero-order valence-corrected chi connectivity index (χ0v) is 7.18. The second-order valence-corrected chi connectivity index (χ2v) is 3.19. The molecule has 0 saturated carbocycles. The molecule has 0 aromatic rings. The fourth-order valence-electron chi connectivity index (χ4n) is 1.45. The van der Waals surface area contributed by atoms with Crippen molar-refractivity contribution in [3.63, 3.8) is 0 Å². The zero-order chi connectivity index (χ0) is 8.10. The van der Waals surface area contributed by atoms with Gasteiger partial charge in [0.15, 0.2) is 0 Å². The highest BCUT2D eigenvalue weighted by atomic mass is 16.5. The molecule has 2 atom stereocenters. The summed E-state index contributed by atoms with van der Waals surface area (Å²) in [6.07, 6.45) is 1.13. The topological polar surface area (TPSA) is 47.3 Å². The number of ether oxygens (including phenoxy) is 1. The lowest BCUT2D eigenvalue weighted by molar-refractivity contribution is 0.0395. The summed E-state index contributed by atoms with van der Waals surface area (Å²) in [5, 5.41) is 3.42. The highest BCUT2D eigenvalue weighted by Crippen LogP contribution is 2.12. The summed E-state index contributed by atoms with van der Waals surface area (Å²) < 4.78 is 5.32. The van der Waals surface area contributed by atoms with Crippen molar-refractivity contribution in [3.8, 4) is 0 Å². The highest BCUT2D eigenvalue weighted by molar-refractivity contribution is 4.76.